The number of carbonyl (C=O) groups is 2. The van der Waals surface area contributed by atoms with E-state index in [2.05, 4.69) is 0 Å². The molecule has 8 rings (SSSR count). The van der Waals surface area contributed by atoms with Crippen molar-refractivity contribution in [2.75, 3.05) is 69.8 Å². The van der Waals surface area contributed by atoms with Crippen LogP contribution in [0.2, 0.25) is 0 Å². The molecule has 0 radical (unpaired) electrons. The number of β-lactam (4-membered cyclic amide) rings is 1. The number of aliphatic carboxylic acids is 1. The molecule has 2 bridgehead atoms. The maximum absolute atomic E-state index is 14.5. The van der Waals surface area contributed by atoms with E-state index in [0.717, 1.165) is 67.7 Å². The fraction of sp³-hybridized carbons (Fsp3) is 0.529. The topological polar surface area (TPSA) is 144 Å². The molecule has 6 aliphatic rings. The van der Waals surface area contributed by atoms with Crippen molar-refractivity contribution in [3.8, 4) is 11.1 Å². The van der Waals surface area contributed by atoms with Crippen LogP contribution in [0.15, 0.2) is 58.6 Å². The van der Waals surface area contributed by atoms with Gasteiger partial charge in [0.05, 0.1) is 59.9 Å². The second-order valence-electron chi connectivity index (χ2n) is 14.1. The molecule has 3 N–H and O–H groups in total. The summed E-state index contributed by atoms with van der Waals surface area (Å²) < 4.78 is 32.5. The Hall–Kier alpha value is -3.00. The highest BCUT2D eigenvalue weighted by Gasteiger charge is 2.59. The van der Waals surface area contributed by atoms with Gasteiger partial charge in [-0.15, -0.1) is 0 Å². The van der Waals surface area contributed by atoms with E-state index in [9.17, 15) is 28.2 Å². The zero-order valence-corrected chi connectivity index (χ0v) is 28.5. The lowest BCUT2D eigenvalue weighted by Gasteiger charge is -2.55. The Bertz CT molecular complexity index is 1720. The molecule has 47 heavy (non-hydrogen) atoms. The van der Waals surface area contributed by atoms with Crippen LogP contribution in [0.1, 0.15) is 25.8 Å². The third-order valence-corrected chi connectivity index (χ3v) is 13.6. The van der Waals surface area contributed by atoms with Gasteiger partial charge in [-0.1, -0.05) is 37.3 Å². The van der Waals surface area contributed by atoms with Crippen LogP contribution < -0.4 is 27.6 Å². The third kappa shape index (κ3) is 5.28. The summed E-state index contributed by atoms with van der Waals surface area (Å²) in [7, 11) is -4.09. The minimum Gasteiger partial charge on any atom is -1.00 e. The van der Waals surface area contributed by atoms with Crippen molar-refractivity contribution in [1.29, 1.82) is 0 Å². The molecule has 0 spiro atoms. The average Bonchev–Trinajstić information content (AvgIpc) is 3.29. The maximum atomic E-state index is 14.5. The normalized spacial score (nSPS) is 30.6. The van der Waals surface area contributed by atoms with Gasteiger partial charge in [0.25, 0.3) is 10.0 Å². The second kappa shape index (κ2) is 12.2. The minimum absolute atomic E-state index is 0. The number of aliphatic hydroxyl groups excluding tert-OH is 1. The molecule has 11 nitrogen and oxygen atoms in total. The average molecular weight is 686 g/mol. The van der Waals surface area contributed by atoms with Crippen LogP contribution in [0.4, 0.5) is 5.69 Å². The Morgan fingerprint density at radius 2 is 1.68 bits per heavy atom. The lowest BCUT2D eigenvalue weighted by Crippen LogP contribution is -3.00. The first-order valence-electron chi connectivity index (χ1n) is 16.5. The number of para-hydroxylation sites is 1. The molecule has 4 atom stereocenters. The third-order valence-electron chi connectivity index (χ3n) is 11.8. The largest absolute Gasteiger partial charge is 1.00 e. The van der Waals surface area contributed by atoms with Crippen LogP contribution in [0.3, 0.4) is 0 Å². The van der Waals surface area contributed by atoms with Crippen molar-refractivity contribution in [2.24, 2.45) is 17.6 Å². The first-order valence-corrected chi connectivity index (χ1v) is 18.0. The van der Waals surface area contributed by atoms with E-state index < -0.39 is 45.9 Å². The van der Waals surface area contributed by atoms with Gasteiger partial charge in [0, 0.05) is 29.9 Å². The highest BCUT2D eigenvalue weighted by Crippen LogP contribution is 2.49. The van der Waals surface area contributed by atoms with E-state index in [1.54, 1.807) is 25.1 Å². The minimum atomic E-state index is -4.09. The molecule has 4 saturated heterocycles. The van der Waals surface area contributed by atoms with Crippen LogP contribution in [0.25, 0.3) is 11.1 Å². The van der Waals surface area contributed by atoms with Crippen LogP contribution in [0.5, 0.6) is 0 Å². The van der Waals surface area contributed by atoms with Crippen LogP contribution >= 0.6 is 0 Å². The van der Waals surface area contributed by atoms with Crippen molar-refractivity contribution < 1.29 is 49.6 Å². The number of hydrogen-bond acceptors (Lipinski definition) is 7. The number of aliphatic hydroxyl groups is 1. The fourth-order valence-electron chi connectivity index (χ4n) is 8.90. The van der Waals surface area contributed by atoms with E-state index in [1.165, 1.54) is 40.2 Å². The summed E-state index contributed by atoms with van der Waals surface area (Å²) in [5.74, 6) is -3.23. The zero-order chi connectivity index (χ0) is 32.6. The highest BCUT2D eigenvalue weighted by atomic mass is 35.5. The van der Waals surface area contributed by atoms with E-state index in [-0.39, 0.29) is 29.5 Å². The zero-order valence-electron chi connectivity index (χ0n) is 27.0. The van der Waals surface area contributed by atoms with E-state index in [4.69, 9.17) is 5.73 Å². The van der Waals surface area contributed by atoms with Gasteiger partial charge in [0.2, 0.25) is 5.91 Å². The number of carboxylic acid groups (broad SMARTS) is 1. The van der Waals surface area contributed by atoms with Crippen molar-refractivity contribution in [3.05, 3.63) is 59.3 Å². The first-order chi connectivity index (χ1) is 21.9. The molecule has 2 aromatic carbocycles. The number of hydrogen-bond donors (Lipinski definition) is 2. The maximum Gasteiger partial charge on any atom is 0.265 e. The molecule has 6 heterocycles. The fourth-order valence-corrected chi connectivity index (χ4v) is 10.6. The Balaban J connectivity index is 0.00000386. The molecule has 0 aliphatic carbocycles. The quantitative estimate of drug-likeness (QED) is 0.204. The van der Waals surface area contributed by atoms with Gasteiger partial charge in [0.15, 0.2) is 0 Å². The summed E-state index contributed by atoms with van der Waals surface area (Å²) in [5, 5.41) is 22.6. The van der Waals surface area contributed by atoms with Gasteiger partial charge >= 0.3 is 0 Å². The number of rotatable bonds is 10. The molecule has 0 aromatic heterocycles. The monoisotopic (exact) mass is 685 g/mol. The van der Waals surface area contributed by atoms with Gasteiger partial charge in [-0.3, -0.25) is 9.10 Å². The molecular weight excluding hydrogens is 642 g/mol. The molecule has 0 unspecified atom stereocenters. The van der Waals surface area contributed by atoms with Crippen molar-refractivity contribution >= 4 is 27.6 Å². The number of carbonyl (C=O) groups excluding carboxylic acids is 2. The number of piperazine rings is 3. The summed E-state index contributed by atoms with van der Waals surface area (Å²) in [5.41, 5.74) is 8.63. The summed E-state index contributed by atoms with van der Waals surface area (Å²) in [6.07, 6.45) is 0.874. The number of nitrogens with zero attached hydrogens (tertiary/aromatic N) is 4. The van der Waals surface area contributed by atoms with Gasteiger partial charge in [-0.05, 0) is 36.7 Å². The van der Waals surface area contributed by atoms with E-state index in [1.807, 2.05) is 24.3 Å². The number of sulfonamides is 1. The van der Waals surface area contributed by atoms with Crippen molar-refractivity contribution in [3.63, 3.8) is 0 Å². The molecular formula is C34H44ClN5O6S. The number of quaternary nitrogens is 2. The Labute approximate surface area is 282 Å². The molecule has 13 heteroatoms. The second-order valence-corrected chi connectivity index (χ2v) is 16.0. The van der Waals surface area contributed by atoms with Gasteiger partial charge in [-0.25, -0.2) is 8.42 Å². The van der Waals surface area contributed by atoms with Crippen molar-refractivity contribution in [1.82, 2.24) is 4.90 Å². The first kappa shape index (κ1) is 33.9. The summed E-state index contributed by atoms with van der Waals surface area (Å²) in [6, 6.07) is 12.4. The highest BCUT2D eigenvalue weighted by molar-refractivity contribution is 7.93. The standard InChI is InChI=1S/C34H44N5O6S.ClH/c1-22-27(32(34(42)43)37-31(22)30(23(2)40)33(37)41)21-36-28-7-4-3-6-25(28)26-9-8-24(20-29(26)46(36,44)45)10-13-39-17-14-38(15-18-39,16-19-39)12-5-11-35;/h3-4,6-9,20,22-23,30-31,40H,5,10-19,21,35H2,1-2H3;1H/q+1;/p-1/t22-,23+,30+,31+,38?,39?;/m0./s1. The number of carboxylic acids is 1. The molecule has 1 amide bonds. The van der Waals surface area contributed by atoms with Gasteiger partial charge in [0.1, 0.15) is 39.3 Å². The van der Waals surface area contributed by atoms with Crippen LogP contribution in [0, 0.1) is 11.8 Å². The van der Waals surface area contributed by atoms with E-state index in [0.29, 0.717) is 16.8 Å². The van der Waals surface area contributed by atoms with E-state index >= 15 is 0 Å². The molecule has 6 aliphatic heterocycles. The lowest BCUT2D eigenvalue weighted by atomic mass is 9.77. The summed E-state index contributed by atoms with van der Waals surface area (Å²) in [4.78, 5) is 26.7. The number of halogens is 1. The number of anilines is 1. The Morgan fingerprint density at radius 1 is 1.04 bits per heavy atom. The molecule has 2 aromatic rings. The van der Waals surface area contributed by atoms with Crippen LogP contribution in [-0.4, -0.2) is 117 Å². The number of benzene rings is 2. The number of fused-ring (bicyclic) bond motifs is 7. The number of nitrogens with two attached hydrogens (primary N) is 1. The van der Waals surface area contributed by atoms with Gasteiger partial charge in [-0.2, -0.15) is 0 Å². The molecule has 254 valence electrons. The summed E-state index contributed by atoms with van der Waals surface area (Å²) >= 11 is 0. The molecule has 4 fully saturated rings. The van der Waals surface area contributed by atoms with Crippen molar-refractivity contribution in [2.45, 2.75) is 43.7 Å². The predicted molar refractivity (Wildman–Crippen MR) is 170 cm³/mol. The van der Waals surface area contributed by atoms with Gasteiger partial charge < -0.3 is 47.0 Å². The van der Waals surface area contributed by atoms with Crippen LogP contribution in [-0.2, 0) is 26.0 Å². The lowest BCUT2D eigenvalue weighted by molar-refractivity contribution is -1.08. The summed E-state index contributed by atoms with van der Waals surface area (Å²) in [6.45, 7) is 12.9. The molecule has 0 saturated carbocycles. The predicted octanol–water partition coefficient (Wildman–Crippen LogP) is -2.72. The smallest absolute Gasteiger partial charge is 0.265 e. The SMILES string of the molecule is C[C@@H](O)[C@H]1C(=O)N2C(C(=O)[O-])=C(CN3c4ccccc4-c4ccc(CC[N+]56CC[N+](CCCN)(CC5)CC6)cc4S3(=O)=O)[C@H](C)[C@H]12.[Cl-]. The Kier molecular flexibility index (Phi) is 8.76. The number of amides is 1. The Morgan fingerprint density at radius 3 is 2.30 bits per heavy atom.